The summed E-state index contributed by atoms with van der Waals surface area (Å²) in [5, 5.41) is 15.8. The highest BCUT2D eigenvalue weighted by Gasteiger charge is 2.18. The smallest absolute Gasteiger partial charge is 0.277 e. The Morgan fingerprint density at radius 3 is 2.73 bits per heavy atom. The van der Waals surface area contributed by atoms with Gasteiger partial charge in [-0.15, -0.1) is 0 Å². The number of rotatable bonds is 7. The first-order valence-corrected chi connectivity index (χ1v) is 8.94. The van der Waals surface area contributed by atoms with Gasteiger partial charge < -0.3 is 20.2 Å². The fourth-order valence-electron chi connectivity index (χ4n) is 2.62. The van der Waals surface area contributed by atoms with E-state index in [1.807, 2.05) is 0 Å². The van der Waals surface area contributed by atoms with Gasteiger partial charge >= 0.3 is 0 Å². The number of alkyl halides is 1. The van der Waals surface area contributed by atoms with E-state index in [-0.39, 0.29) is 18.2 Å². The van der Waals surface area contributed by atoms with Gasteiger partial charge in [-0.3, -0.25) is 14.9 Å². The molecule has 0 bridgehead atoms. The summed E-state index contributed by atoms with van der Waals surface area (Å²) < 4.78 is 11.2. The van der Waals surface area contributed by atoms with Gasteiger partial charge in [0.25, 0.3) is 11.6 Å². The summed E-state index contributed by atoms with van der Waals surface area (Å²) >= 11 is 3.28. The maximum Gasteiger partial charge on any atom is 0.277 e. The molecule has 3 aromatic rings. The molecule has 0 saturated carbocycles. The van der Waals surface area contributed by atoms with Crippen molar-refractivity contribution in [2.24, 2.45) is 5.73 Å². The van der Waals surface area contributed by atoms with Gasteiger partial charge in [0.05, 0.1) is 11.0 Å². The molecule has 3 N–H and O–H groups in total. The molecule has 0 aliphatic heterocycles. The number of benzene rings is 2. The summed E-state index contributed by atoms with van der Waals surface area (Å²) in [6.07, 6.45) is 0. The Kier molecular flexibility index (Phi) is 5.38. The van der Waals surface area contributed by atoms with E-state index in [1.54, 1.807) is 24.3 Å². The molecule has 1 amide bonds. The molecule has 2 aromatic carbocycles. The number of carbonyl (C=O) groups excluding carboxylic acids is 1. The summed E-state index contributed by atoms with van der Waals surface area (Å²) in [5.41, 5.74) is 6.85. The number of furan rings is 1. The maximum absolute atomic E-state index is 11.6. The standard InChI is InChI=1S/C17H16BrN3O5/c18-8-10-5-13-12-2-1-11(25-9-17(22)20-4-3-19)6-15(12)26-16(13)7-14(10)21(23)24/h1-2,5-7H,3-4,8-9,19H2,(H,20,22). The maximum atomic E-state index is 11.6. The fourth-order valence-corrected chi connectivity index (χ4v) is 3.06. The van der Waals surface area contributed by atoms with Crippen LogP contribution in [0.5, 0.6) is 5.75 Å². The Labute approximate surface area is 156 Å². The van der Waals surface area contributed by atoms with Crippen molar-refractivity contribution in [2.75, 3.05) is 19.7 Å². The van der Waals surface area contributed by atoms with Crippen LogP contribution < -0.4 is 15.8 Å². The number of ether oxygens (including phenoxy) is 1. The van der Waals surface area contributed by atoms with Crippen LogP contribution >= 0.6 is 15.9 Å². The minimum atomic E-state index is -0.433. The van der Waals surface area contributed by atoms with Crippen molar-refractivity contribution in [3.05, 3.63) is 46.0 Å². The third-order valence-electron chi connectivity index (χ3n) is 3.82. The summed E-state index contributed by atoms with van der Waals surface area (Å²) in [5.74, 6) is 0.201. The van der Waals surface area contributed by atoms with E-state index in [0.29, 0.717) is 40.9 Å². The first-order chi connectivity index (χ1) is 12.5. The van der Waals surface area contributed by atoms with Crippen molar-refractivity contribution >= 4 is 49.5 Å². The number of amides is 1. The molecule has 0 fully saturated rings. The van der Waals surface area contributed by atoms with E-state index in [2.05, 4.69) is 21.2 Å². The average Bonchev–Trinajstić information content (AvgIpc) is 3.00. The second-order valence-electron chi connectivity index (χ2n) is 5.56. The van der Waals surface area contributed by atoms with Crippen LogP contribution in [0.25, 0.3) is 21.9 Å². The Morgan fingerprint density at radius 1 is 1.27 bits per heavy atom. The topological polar surface area (TPSA) is 121 Å². The van der Waals surface area contributed by atoms with Crippen LogP contribution in [-0.4, -0.2) is 30.5 Å². The molecule has 1 heterocycles. The highest BCUT2D eigenvalue weighted by atomic mass is 79.9. The number of nitrogens with zero attached hydrogens (tertiary/aromatic N) is 1. The molecule has 9 heteroatoms. The van der Waals surface area contributed by atoms with Crippen molar-refractivity contribution < 1.29 is 18.9 Å². The number of fused-ring (bicyclic) bond motifs is 3. The number of nitro benzene ring substituents is 1. The first kappa shape index (κ1) is 18.2. The number of hydrogen-bond donors (Lipinski definition) is 2. The minimum Gasteiger partial charge on any atom is -0.484 e. The van der Waals surface area contributed by atoms with Gasteiger partial charge in [-0.25, -0.2) is 0 Å². The number of nitrogens with one attached hydrogen (secondary N) is 1. The predicted octanol–water partition coefficient (Wildman–Crippen LogP) is 2.84. The number of hydrogen-bond acceptors (Lipinski definition) is 6. The minimum absolute atomic E-state index is 0.00137. The van der Waals surface area contributed by atoms with Gasteiger partial charge in [-0.2, -0.15) is 0 Å². The molecular formula is C17H16BrN3O5. The molecule has 136 valence electrons. The molecule has 8 nitrogen and oxygen atoms in total. The number of nitro groups is 1. The lowest BCUT2D eigenvalue weighted by molar-refractivity contribution is -0.385. The van der Waals surface area contributed by atoms with Crippen LogP contribution in [0.1, 0.15) is 5.56 Å². The zero-order valence-corrected chi connectivity index (χ0v) is 15.2. The Hall–Kier alpha value is -2.65. The number of halogens is 1. The van der Waals surface area contributed by atoms with E-state index in [4.69, 9.17) is 14.9 Å². The quantitative estimate of drug-likeness (QED) is 0.343. The SMILES string of the molecule is NCCNC(=O)COc1ccc2c(c1)oc1cc([N+](=O)[O-])c(CBr)cc12. The highest BCUT2D eigenvalue weighted by Crippen LogP contribution is 2.35. The third kappa shape index (κ3) is 3.63. The lowest BCUT2D eigenvalue weighted by atomic mass is 10.1. The van der Waals surface area contributed by atoms with Gasteiger partial charge in [-0.05, 0) is 18.2 Å². The van der Waals surface area contributed by atoms with E-state index < -0.39 is 4.92 Å². The number of carbonyl (C=O) groups is 1. The summed E-state index contributed by atoms with van der Waals surface area (Å²) in [7, 11) is 0. The number of nitrogens with two attached hydrogens (primary N) is 1. The summed E-state index contributed by atoms with van der Waals surface area (Å²) in [6.45, 7) is 0.615. The lowest BCUT2D eigenvalue weighted by Gasteiger charge is -2.06. The summed E-state index contributed by atoms with van der Waals surface area (Å²) in [6, 6.07) is 8.35. The molecular weight excluding hydrogens is 406 g/mol. The van der Waals surface area contributed by atoms with Crippen molar-refractivity contribution in [1.29, 1.82) is 0 Å². The van der Waals surface area contributed by atoms with Crippen LogP contribution in [0, 0.1) is 10.1 Å². The predicted molar refractivity (Wildman–Crippen MR) is 101 cm³/mol. The second kappa shape index (κ2) is 7.71. The zero-order valence-electron chi connectivity index (χ0n) is 13.7. The van der Waals surface area contributed by atoms with Crippen LogP contribution in [0.4, 0.5) is 5.69 Å². The van der Waals surface area contributed by atoms with Crippen LogP contribution in [0.15, 0.2) is 34.7 Å². The van der Waals surface area contributed by atoms with Crippen LogP contribution in [0.2, 0.25) is 0 Å². The van der Waals surface area contributed by atoms with Gasteiger partial charge in [0.1, 0.15) is 16.9 Å². The monoisotopic (exact) mass is 421 g/mol. The molecule has 3 rings (SSSR count). The van der Waals surface area contributed by atoms with Crippen molar-refractivity contribution in [2.45, 2.75) is 5.33 Å². The Morgan fingerprint density at radius 2 is 2.04 bits per heavy atom. The molecule has 26 heavy (non-hydrogen) atoms. The van der Waals surface area contributed by atoms with E-state index in [1.165, 1.54) is 6.07 Å². The molecule has 0 spiro atoms. The zero-order chi connectivity index (χ0) is 18.7. The first-order valence-electron chi connectivity index (χ1n) is 7.82. The average molecular weight is 422 g/mol. The van der Waals surface area contributed by atoms with E-state index >= 15 is 0 Å². The molecule has 0 radical (unpaired) electrons. The normalized spacial score (nSPS) is 11.0. The molecule has 1 aromatic heterocycles. The molecule has 0 unspecified atom stereocenters. The largest absolute Gasteiger partial charge is 0.484 e. The second-order valence-corrected chi connectivity index (χ2v) is 6.12. The Balaban J connectivity index is 1.91. The van der Waals surface area contributed by atoms with Gasteiger partial charge in [-0.1, -0.05) is 15.9 Å². The lowest BCUT2D eigenvalue weighted by Crippen LogP contribution is -2.32. The molecule has 0 saturated heterocycles. The highest BCUT2D eigenvalue weighted by molar-refractivity contribution is 9.08. The molecule has 0 aliphatic rings. The molecule has 0 atom stereocenters. The Bertz CT molecular complexity index is 985. The van der Waals surface area contributed by atoms with Gasteiger partial charge in [0.15, 0.2) is 6.61 Å². The van der Waals surface area contributed by atoms with Gasteiger partial charge in [0, 0.05) is 40.8 Å². The van der Waals surface area contributed by atoms with E-state index in [9.17, 15) is 14.9 Å². The third-order valence-corrected chi connectivity index (χ3v) is 4.43. The molecule has 0 aliphatic carbocycles. The van der Waals surface area contributed by atoms with Crippen LogP contribution in [0.3, 0.4) is 0 Å². The van der Waals surface area contributed by atoms with Crippen molar-refractivity contribution in [3.8, 4) is 5.75 Å². The van der Waals surface area contributed by atoms with Crippen LogP contribution in [-0.2, 0) is 10.1 Å². The van der Waals surface area contributed by atoms with Crippen molar-refractivity contribution in [3.63, 3.8) is 0 Å². The van der Waals surface area contributed by atoms with Gasteiger partial charge in [0.2, 0.25) is 0 Å². The fraction of sp³-hybridized carbons (Fsp3) is 0.235. The van der Waals surface area contributed by atoms with Crippen molar-refractivity contribution in [1.82, 2.24) is 5.32 Å². The summed E-state index contributed by atoms with van der Waals surface area (Å²) in [4.78, 5) is 22.3. The van der Waals surface area contributed by atoms with E-state index in [0.717, 1.165) is 10.8 Å².